The van der Waals surface area contributed by atoms with Crippen LogP contribution in [-0.4, -0.2) is 81.6 Å². The number of carbonyl (C=O) groups excluding carboxylic acids is 2. The Hall–Kier alpha value is -1.19. The average Bonchev–Trinajstić information content (AvgIpc) is 2.59. The molecular formula is C15H27N3O5S. The second kappa shape index (κ2) is 8.77. The number of hydrogen-bond acceptors (Lipinski definition) is 5. The molecule has 2 saturated heterocycles. The molecule has 8 nitrogen and oxygen atoms in total. The van der Waals surface area contributed by atoms with Gasteiger partial charge in [0.1, 0.15) is 0 Å². The van der Waals surface area contributed by atoms with Crippen LogP contribution in [0, 0.1) is 5.92 Å². The third-order valence-corrected chi connectivity index (χ3v) is 5.81. The summed E-state index contributed by atoms with van der Waals surface area (Å²) in [5.41, 5.74) is 0. The molecule has 2 rings (SSSR count). The highest BCUT2D eigenvalue weighted by Gasteiger charge is 2.27. The molecule has 0 bridgehead atoms. The van der Waals surface area contributed by atoms with Gasteiger partial charge in [-0.05, 0) is 19.3 Å². The Morgan fingerprint density at radius 1 is 1.17 bits per heavy atom. The van der Waals surface area contributed by atoms with Gasteiger partial charge in [0.15, 0.2) is 0 Å². The first-order valence-corrected chi connectivity index (χ1v) is 10.3. The van der Waals surface area contributed by atoms with Crippen molar-refractivity contribution in [1.29, 1.82) is 0 Å². The Kier molecular flexibility index (Phi) is 7.00. The van der Waals surface area contributed by atoms with E-state index in [1.807, 2.05) is 4.90 Å². The van der Waals surface area contributed by atoms with Crippen LogP contribution < -0.4 is 5.32 Å². The van der Waals surface area contributed by atoms with Crippen LogP contribution in [0.4, 0.5) is 0 Å². The Bertz CT molecular complexity index is 545. The Balaban J connectivity index is 2.01. The molecular weight excluding hydrogens is 334 g/mol. The third kappa shape index (κ3) is 5.71. The number of hydrogen-bond donors (Lipinski definition) is 1. The van der Waals surface area contributed by atoms with Crippen molar-refractivity contribution in [2.24, 2.45) is 5.92 Å². The number of rotatable bonds is 2. The van der Waals surface area contributed by atoms with E-state index in [4.69, 9.17) is 4.74 Å². The minimum Gasteiger partial charge on any atom is -0.378 e. The summed E-state index contributed by atoms with van der Waals surface area (Å²) in [5.74, 6) is -0.288. The maximum atomic E-state index is 12.7. The van der Waals surface area contributed by atoms with Gasteiger partial charge in [-0.2, -0.15) is 0 Å². The molecule has 2 heterocycles. The molecule has 2 amide bonds. The SMILES string of the molecule is CS(=O)(=O)N1CCCC(C(=O)N2CCOCC2)CCNC(=O)CC1. The number of ether oxygens (including phenoxy) is 1. The highest BCUT2D eigenvalue weighted by molar-refractivity contribution is 7.88. The molecule has 0 saturated carbocycles. The van der Waals surface area contributed by atoms with Gasteiger partial charge in [0.25, 0.3) is 0 Å². The van der Waals surface area contributed by atoms with Gasteiger partial charge >= 0.3 is 0 Å². The molecule has 1 unspecified atom stereocenters. The van der Waals surface area contributed by atoms with E-state index < -0.39 is 10.0 Å². The summed E-state index contributed by atoms with van der Waals surface area (Å²) in [4.78, 5) is 26.3. The van der Waals surface area contributed by atoms with Crippen LogP contribution in [0.3, 0.4) is 0 Å². The minimum atomic E-state index is -3.35. The van der Waals surface area contributed by atoms with Crippen molar-refractivity contribution in [1.82, 2.24) is 14.5 Å². The van der Waals surface area contributed by atoms with Gasteiger partial charge in [-0.3, -0.25) is 9.59 Å². The molecule has 0 radical (unpaired) electrons. The lowest BCUT2D eigenvalue weighted by atomic mass is 9.97. The van der Waals surface area contributed by atoms with Gasteiger partial charge in [0.05, 0.1) is 19.5 Å². The molecule has 1 N–H and O–H groups in total. The first-order chi connectivity index (χ1) is 11.4. The lowest BCUT2D eigenvalue weighted by molar-refractivity contribution is -0.140. The van der Waals surface area contributed by atoms with E-state index in [1.54, 1.807) is 0 Å². The predicted octanol–water partition coefficient (Wildman–Crippen LogP) is -0.587. The van der Waals surface area contributed by atoms with Crippen LogP contribution in [0.5, 0.6) is 0 Å². The number of nitrogens with zero attached hydrogens (tertiary/aromatic N) is 2. The van der Waals surface area contributed by atoms with E-state index in [1.165, 1.54) is 4.31 Å². The maximum absolute atomic E-state index is 12.7. The molecule has 0 spiro atoms. The van der Waals surface area contributed by atoms with Crippen molar-refractivity contribution >= 4 is 21.8 Å². The summed E-state index contributed by atoms with van der Waals surface area (Å²) in [5, 5.41) is 2.78. The summed E-state index contributed by atoms with van der Waals surface area (Å²) in [7, 11) is -3.35. The van der Waals surface area contributed by atoms with E-state index >= 15 is 0 Å². The maximum Gasteiger partial charge on any atom is 0.225 e. The van der Waals surface area contributed by atoms with Crippen LogP contribution in [0.25, 0.3) is 0 Å². The molecule has 0 aromatic rings. The lowest BCUT2D eigenvalue weighted by Crippen LogP contribution is -2.44. The van der Waals surface area contributed by atoms with E-state index in [9.17, 15) is 18.0 Å². The number of amides is 2. The van der Waals surface area contributed by atoms with Crippen molar-refractivity contribution in [3.63, 3.8) is 0 Å². The molecule has 24 heavy (non-hydrogen) atoms. The van der Waals surface area contributed by atoms with Crippen molar-refractivity contribution < 1.29 is 22.7 Å². The molecule has 0 aromatic heterocycles. The molecule has 0 aromatic carbocycles. The van der Waals surface area contributed by atoms with Gasteiger partial charge in [-0.15, -0.1) is 0 Å². The fourth-order valence-electron chi connectivity index (χ4n) is 3.09. The number of morpholine rings is 1. The first-order valence-electron chi connectivity index (χ1n) is 8.46. The van der Waals surface area contributed by atoms with Crippen molar-refractivity contribution in [2.45, 2.75) is 25.7 Å². The normalized spacial score (nSPS) is 25.6. The Labute approximate surface area is 143 Å². The zero-order valence-corrected chi connectivity index (χ0v) is 15.0. The summed E-state index contributed by atoms with van der Waals surface area (Å²) in [6.07, 6.45) is 3.12. The van der Waals surface area contributed by atoms with Gasteiger partial charge in [0, 0.05) is 45.1 Å². The van der Waals surface area contributed by atoms with Gasteiger partial charge < -0.3 is 15.0 Å². The fraction of sp³-hybridized carbons (Fsp3) is 0.867. The zero-order chi connectivity index (χ0) is 17.6. The Morgan fingerprint density at radius 3 is 2.54 bits per heavy atom. The van der Waals surface area contributed by atoms with Crippen molar-refractivity contribution in [2.75, 3.05) is 52.2 Å². The van der Waals surface area contributed by atoms with E-state index in [-0.39, 0.29) is 30.7 Å². The summed E-state index contributed by atoms with van der Waals surface area (Å²) < 4.78 is 30.2. The van der Waals surface area contributed by atoms with Crippen LogP contribution in [0.15, 0.2) is 0 Å². The summed E-state index contributed by atoms with van der Waals surface area (Å²) >= 11 is 0. The van der Waals surface area contributed by atoms with Crippen LogP contribution >= 0.6 is 0 Å². The average molecular weight is 361 g/mol. The molecule has 1 atom stereocenters. The van der Waals surface area contributed by atoms with E-state index in [2.05, 4.69) is 5.32 Å². The quantitative estimate of drug-likeness (QED) is 0.709. The predicted molar refractivity (Wildman–Crippen MR) is 88.8 cm³/mol. The second-order valence-corrected chi connectivity index (χ2v) is 8.31. The third-order valence-electron chi connectivity index (χ3n) is 4.50. The highest BCUT2D eigenvalue weighted by atomic mass is 32.2. The largest absolute Gasteiger partial charge is 0.378 e. The minimum absolute atomic E-state index is 0.0812. The van der Waals surface area contributed by atoms with Crippen LogP contribution in [0.2, 0.25) is 0 Å². The smallest absolute Gasteiger partial charge is 0.225 e. The topological polar surface area (TPSA) is 96.0 Å². The lowest BCUT2D eigenvalue weighted by Gasteiger charge is -2.30. The molecule has 9 heteroatoms. The summed E-state index contributed by atoms with van der Waals surface area (Å²) in [6, 6.07) is 0. The monoisotopic (exact) mass is 361 g/mol. The fourth-order valence-corrected chi connectivity index (χ4v) is 3.97. The second-order valence-electron chi connectivity index (χ2n) is 6.33. The zero-order valence-electron chi connectivity index (χ0n) is 14.2. The van der Waals surface area contributed by atoms with Crippen LogP contribution in [-0.2, 0) is 24.3 Å². The highest BCUT2D eigenvalue weighted by Crippen LogP contribution is 2.17. The molecule has 138 valence electrons. The molecule has 0 aliphatic carbocycles. The molecule has 2 aliphatic heterocycles. The first kappa shape index (κ1) is 19.1. The van der Waals surface area contributed by atoms with Crippen LogP contribution in [0.1, 0.15) is 25.7 Å². The van der Waals surface area contributed by atoms with Crippen molar-refractivity contribution in [3.8, 4) is 0 Å². The molecule has 2 aliphatic rings. The van der Waals surface area contributed by atoms with Gasteiger partial charge in [0.2, 0.25) is 21.8 Å². The van der Waals surface area contributed by atoms with Gasteiger partial charge in [-0.25, -0.2) is 12.7 Å². The van der Waals surface area contributed by atoms with Gasteiger partial charge in [-0.1, -0.05) is 0 Å². The van der Waals surface area contributed by atoms with E-state index in [0.717, 1.165) is 6.26 Å². The standard InChI is InChI=1S/C15H27N3O5S/c1-24(21,22)18-7-2-3-13(4-6-16-14(19)5-8-18)15(20)17-9-11-23-12-10-17/h13H,2-12H2,1H3,(H,16,19). The van der Waals surface area contributed by atoms with E-state index in [0.29, 0.717) is 58.7 Å². The molecule has 2 fully saturated rings. The van der Waals surface area contributed by atoms with Crippen molar-refractivity contribution in [3.05, 3.63) is 0 Å². The number of nitrogens with one attached hydrogen (secondary N) is 1. The Morgan fingerprint density at radius 2 is 1.88 bits per heavy atom. The number of carbonyl (C=O) groups is 2. The summed E-state index contributed by atoms with van der Waals surface area (Å²) in [6.45, 7) is 3.27. The number of sulfonamides is 1.